The quantitative estimate of drug-likeness (QED) is 0.623. The Kier molecular flexibility index (Phi) is 2.69. The summed E-state index contributed by atoms with van der Waals surface area (Å²) in [6.07, 6.45) is 2.61. The van der Waals surface area contributed by atoms with Crippen LogP contribution in [0.5, 0.6) is 0 Å². The number of rotatable bonds is 2. The summed E-state index contributed by atoms with van der Waals surface area (Å²) in [5.41, 5.74) is 0.221. The molecule has 1 aliphatic rings. The van der Waals surface area contributed by atoms with E-state index in [4.69, 9.17) is 34.8 Å². The molecule has 1 saturated carbocycles. The summed E-state index contributed by atoms with van der Waals surface area (Å²) >= 11 is 15.8. The number of hydrogen-bond acceptors (Lipinski definition) is 0. The fourth-order valence-electron chi connectivity index (χ4n) is 1.06. The molecule has 1 aliphatic carbocycles. The number of halogens is 4. The highest BCUT2D eigenvalue weighted by Crippen LogP contribution is 2.54. The van der Waals surface area contributed by atoms with Crippen molar-refractivity contribution in [2.24, 2.45) is 11.3 Å². The van der Waals surface area contributed by atoms with Gasteiger partial charge in [-0.3, -0.25) is 0 Å². The zero-order valence-electron chi connectivity index (χ0n) is 6.87. The Bertz CT molecular complexity index is 215. The van der Waals surface area contributed by atoms with Gasteiger partial charge in [0.2, 0.25) is 0 Å². The van der Waals surface area contributed by atoms with Crippen LogP contribution in [0.4, 0.5) is 4.39 Å². The van der Waals surface area contributed by atoms with Gasteiger partial charge in [0.15, 0.2) is 0 Å². The topological polar surface area (TPSA) is 0 Å². The second-order valence-corrected chi connectivity index (χ2v) is 5.45. The molecule has 0 aromatic heterocycles. The Labute approximate surface area is 86.7 Å². The maximum Gasteiger partial charge on any atom is 0.293 e. The molecule has 70 valence electrons. The van der Waals surface area contributed by atoms with Gasteiger partial charge in [-0.15, -0.1) is 0 Å². The zero-order chi connectivity index (χ0) is 9.57. The molecule has 0 heterocycles. The van der Waals surface area contributed by atoms with Crippen LogP contribution in [-0.2, 0) is 0 Å². The van der Waals surface area contributed by atoms with E-state index in [0.717, 1.165) is 6.42 Å². The Morgan fingerprint density at radius 1 is 1.58 bits per heavy atom. The molecule has 12 heavy (non-hydrogen) atoms. The first kappa shape index (κ1) is 10.6. The van der Waals surface area contributed by atoms with Crippen LogP contribution < -0.4 is 0 Å². The summed E-state index contributed by atoms with van der Waals surface area (Å²) in [6.45, 7) is 4.17. The first-order chi connectivity index (χ1) is 5.23. The highest BCUT2D eigenvalue weighted by molar-refractivity contribution is 6.54. The summed E-state index contributed by atoms with van der Waals surface area (Å²) < 4.78 is 10.3. The summed E-state index contributed by atoms with van der Waals surface area (Å²) in [5.74, 6) is 0.303. The lowest BCUT2D eigenvalue weighted by Gasteiger charge is -2.07. The molecule has 4 heteroatoms. The first-order valence-electron chi connectivity index (χ1n) is 3.68. The van der Waals surface area contributed by atoms with Gasteiger partial charge in [-0.05, 0) is 17.8 Å². The molecular formula is C8H10Cl3F. The van der Waals surface area contributed by atoms with Crippen molar-refractivity contribution in [2.75, 3.05) is 0 Å². The molecular weight excluding hydrogens is 221 g/mol. The van der Waals surface area contributed by atoms with Crippen LogP contribution >= 0.6 is 34.8 Å². The van der Waals surface area contributed by atoms with Crippen molar-refractivity contribution in [3.63, 3.8) is 0 Å². The first-order valence-corrected chi connectivity index (χ1v) is 4.81. The second-order valence-electron chi connectivity index (χ2n) is 3.81. The molecule has 1 atom stereocenters. The molecule has 0 spiro atoms. The summed E-state index contributed by atoms with van der Waals surface area (Å²) in [6, 6.07) is 0. The van der Waals surface area contributed by atoms with Crippen molar-refractivity contribution in [3.05, 3.63) is 11.1 Å². The Morgan fingerprint density at radius 3 is 2.25 bits per heavy atom. The number of hydrogen-bond donors (Lipinski definition) is 0. The molecule has 0 amide bonds. The third-order valence-corrected chi connectivity index (χ3v) is 3.20. The fraction of sp³-hybridized carbons (Fsp3) is 0.750. The van der Waals surface area contributed by atoms with Gasteiger partial charge < -0.3 is 0 Å². The van der Waals surface area contributed by atoms with Crippen LogP contribution in [-0.4, -0.2) is 4.59 Å². The van der Waals surface area contributed by atoms with Crippen LogP contribution in [0.15, 0.2) is 11.1 Å². The van der Waals surface area contributed by atoms with E-state index in [-0.39, 0.29) is 10.4 Å². The minimum Gasteiger partial charge on any atom is -0.202 e. The summed E-state index contributed by atoms with van der Waals surface area (Å²) in [4.78, 5) is 0. The van der Waals surface area contributed by atoms with Crippen molar-refractivity contribution in [3.8, 4) is 0 Å². The molecule has 0 N–H and O–H groups in total. The van der Waals surface area contributed by atoms with E-state index in [0.29, 0.717) is 5.92 Å². The molecule has 0 bridgehead atoms. The molecule has 1 unspecified atom stereocenters. The van der Waals surface area contributed by atoms with Crippen LogP contribution in [0, 0.1) is 11.3 Å². The molecule has 1 rings (SSSR count). The molecule has 0 aromatic rings. The average molecular weight is 232 g/mol. The van der Waals surface area contributed by atoms with Gasteiger partial charge in [0, 0.05) is 0 Å². The zero-order valence-corrected chi connectivity index (χ0v) is 9.14. The minimum absolute atomic E-state index is 0.124. The lowest BCUT2D eigenvalue weighted by Crippen LogP contribution is -2.04. The van der Waals surface area contributed by atoms with E-state index in [2.05, 4.69) is 13.8 Å². The van der Waals surface area contributed by atoms with E-state index in [1.165, 1.54) is 0 Å². The van der Waals surface area contributed by atoms with Crippen molar-refractivity contribution < 1.29 is 4.39 Å². The molecule has 0 nitrogen and oxygen atoms in total. The predicted molar refractivity (Wildman–Crippen MR) is 51.4 cm³/mol. The monoisotopic (exact) mass is 230 g/mol. The molecule has 1 fully saturated rings. The van der Waals surface area contributed by atoms with Gasteiger partial charge in [-0.1, -0.05) is 54.7 Å². The van der Waals surface area contributed by atoms with Gasteiger partial charge in [-0.2, -0.15) is 0 Å². The van der Waals surface area contributed by atoms with E-state index < -0.39 is 4.59 Å². The third kappa shape index (κ3) is 2.51. The van der Waals surface area contributed by atoms with E-state index in [1.54, 1.807) is 6.08 Å². The molecule has 0 radical (unpaired) electrons. The molecule has 0 aromatic carbocycles. The largest absolute Gasteiger partial charge is 0.293 e. The maximum absolute atomic E-state index is 12.8. The third-order valence-electron chi connectivity index (χ3n) is 2.21. The lowest BCUT2D eigenvalue weighted by atomic mass is 10.1. The van der Waals surface area contributed by atoms with E-state index in [9.17, 15) is 4.39 Å². The highest BCUT2D eigenvalue weighted by atomic mass is 35.5. The smallest absolute Gasteiger partial charge is 0.202 e. The SMILES string of the molecule is CC1(C)CC1C=C(Cl)C(F)(Cl)Cl. The Balaban J connectivity index is 2.60. The Hall–Kier alpha value is 0.540. The predicted octanol–water partition coefficient (Wildman–Crippen LogP) is 4.26. The maximum atomic E-state index is 12.8. The van der Waals surface area contributed by atoms with Gasteiger partial charge in [0.05, 0.1) is 5.03 Å². The summed E-state index contributed by atoms with van der Waals surface area (Å²) in [7, 11) is 0. The van der Waals surface area contributed by atoms with Gasteiger partial charge in [-0.25, -0.2) is 4.39 Å². The van der Waals surface area contributed by atoms with Crippen LogP contribution in [0.25, 0.3) is 0 Å². The minimum atomic E-state index is -2.43. The van der Waals surface area contributed by atoms with Crippen molar-refractivity contribution in [1.29, 1.82) is 0 Å². The van der Waals surface area contributed by atoms with Gasteiger partial charge in [0.1, 0.15) is 0 Å². The van der Waals surface area contributed by atoms with Gasteiger partial charge in [0.25, 0.3) is 4.59 Å². The van der Waals surface area contributed by atoms with Crippen LogP contribution in [0.3, 0.4) is 0 Å². The fourth-order valence-corrected chi connectivity index (χ4v) is 1.34. The number of allylic oxidation sites excluding steroid dienone is 2. The van der Waals surface area contributed by atoms with Crippen molar-refractivity contribution in [2.45, 2.75) is 24.9 Å². The number of alkyl halides is 3. The highest BCUT2D eigenvalue weighted by Gasteiger charge is 2.45. The average Bonchev–Trinajstić information content (AvgIpc) is 2.36. The standard InChI is InChI=1S/C8H10Cl3F/c1-7(2)4-5(7)3-6(9)8(10,11)12/h3,5H,4H2,1-2H3. The van der Waals surface area contributed by atoms with Gasteiger partial charge >= 0.3 is 0 Å². The van der Waals surface area contributed by atoms with Crippen LogP contribution in [0.1, 0.15) is 20.3 Å². The Morgan fingerprint density at radius 2 is 2.00 bits per heavy atom. The van der Waals surface area contributed by atoms with Crippen LogP contribution in [0.2, 0.25) is 0 Å². The second kappa shape index (κ2) is 3.04. The summed E-state index contributed by atoms with van der Waals surface area (Å²) in [5, 5.41) is -0.124. The van der Waals surface area contributed by atoms with Crippen molar-refractivity contribution in [1.82, 2.24) is 0 Å². The van der Waals surface area contributed by atoms with E-state index in [1.807, 2.05) is 0 Å². The van der Waals surface area contributed by atoms with Crippen molar-refractivity contribution >= 4 is 34.8 Å². The molecule has 0 aliphatic heterocycles. The molecule has 0 saturated heterocycles. The van der Waals surface area contributed by atoms with E-state index >= 15 is 0 Å². The lowest BCUT2D eigenvalue weighted by molar-refractivity contribution is 0.454. The normalized spacial score (nSPS) is 28.8.